The number of hydrogen-bond acceptors (Lipinski definition) is 6. The molecule has 0 bridgehead atoms. The zero-order valence-electron chi connectivity index (χ0n) is 13.8. The highest BCUT2D eigenvalue weighted by atomic mass is 32.2. The fraction of sp³-hybridized carbons (Fsp3) is 0.188. The van der Waals surface area contributed by atoms with Crippen molar-refractivity contribution in [3.05, 3.63) is 64.0 Å². The number of nitrogens with zero attached hydrogens (tertiary/aromatic N) is 2. The van der Waals surface area contributed by atoms with Crippen LogP contribution in [0.2, 0.25) is 0 Å². The van der Waals surface area contributed by atoms with Crippen molar-refractivity contribution in [2.24, 2.45) is 5.10 Å². The van der Waals surface area contributed by atoms with Crippen LogP contribution in [0, 0.1) is 15.9 Å². The molecule has 138 valence electrons. The molecule has 10 heteroatoms. The van der Waals surface area contributed by atoms with Gasteiger partial charge in [-0.1, -0.05) is 6.92 Å². The van der Waals surface area contributed by atoms with Gasteiger partial charge in [0.15, 0.2) is 5.75 Å². The number of sulfonamides is 1. The zero-order valence-corrected chi connectivity index (χ0v) is 14.6. The SMILES string of the molecule is CCCOc1ccc(/C=N/NS(=O)(=O)c2ccc(F)cc2)cc1[N+](=O)[O-]. The Morgan fingerprint density at radius 2 is 1.96 bits per heavy atom. The van der Waals surface area contributed by atoms with Crippen LogP contribution in [0.3, 0.4) is 0 Å². The van der Waals surface area contributed by atoms with E-state index in [0.29, 0.717) is 18.6 Å². The summed E-state index contributed by atoms with van der Waals surface area (Å²) in [7, 11) is -3.97. The lowest BCUT2D eigenvalue weighted by molar-refractivity contribution is -0.385. The second-order valence-electron chi connectivity index (χ2n) is 5.14. The van der Waals surface area contributed by atoms with Crippen molar-refractivity contribution in [1.82, 2.24) is 4.83 Å². The molecular weight excluding hydrogens is 365 g/mol. The van der Waals surface area contributed by atoms with Crippen molar-refractivity contribution in [2.75, 3.05) is 6.61 Å². The Hall–Kier alpha value is -3.01. The lowest BCUT2D eigenvalue weighted by atomic mass is 10.2. The van der Waals surface area contributed by atoms with Crippen molar-refractivity contribution in [3.8, 4) is 5.75 Å². The quantitative estimate of drug-likeness (QED) is 0.429. The third-order valence-corrected chi connectivity index (χ3v) is 4.39. The predicted molar refractivity (Wildman–Crippen MR) is 93.2 cm³/mol. The van der Waals surface area contributed by atoms with E-state index in [-0.39, 0.29) is 16.3 Å². The Labute approximate surface area is 149 Å². The molecule has 0 atom stereocenters. The molecule has 0 aromatic heterocycles. The maximum Gasteiger partial charge on any atom is 0.311 e. The lowest BCUT2D eigenvalue weighted by Gasteiger charge is -2.06. The van der Waals surface area contributed by atoms with Crippen LogP contribution in [0.15, 0.2) is 52.5 Å². The summed E-state index contributed by atoms with van der Waals surface area (Å²) in [4.78, 5) is 12.3. The number of ether oxygens (including phenoxy) is 1. The molecule has 0 amide bonds. The molecule has 0 saturated heterocycles. The van der Waals surface area contributed by atoms with E-state index in [1.807, 2.05) is 11.8 Å². The third-order valence-electron chi connectivity index (χ3n) is 3.15. The largest absolute Gasteiger partial charge is 0.487 e. The van der Waals surface area contributed by atoms with Crippen LogP contribution in [0.4, 0.5) is 10.1 Å². The van der Waals surface area contributed by atoms with E-state index in [2.05, 4.69) is 5.10 Å². The van der Waals surface area contributed by atoms with Crippen molar-refractivity contribution in [1.29, 1.82) is 0 Å². The Balaban J connectivity index is 2.15. The van der Waals surface area contributed by atoms with E-state index in [0.717, 1.165) is 30.5 Å². The van der Waals surface area contributed by atoms with Gasteiger partial charge in [-0.3, -0.25) is 10.1 Å². The molecule has 0 aliphatic carbocycles. The molecule has 1 N–H and O–H groups in total. The number of nitro benzene ring substituents is 1. The summed E-state index contributed by atoms with van der Waals surface area (Å²) in [5.41, 5.74) is 0.0612. The van der Waals surface area contributed by atoms with Crippen LogP contribution in [-0.2, 0) is 10.0 Å². The van der Waals surface area contributed by atoms with Gasteiger partial charge in [0.25, 0.3) is 10.0 Å². The highest BCUT2D eigenvalue weighted by molar-refractivity contribution is 7.89. The van der Waals surface area contributed by atoms with E-state index in [4.69, 9.17) is 4.74 Å². The Bertz CT molecular complexity index is 914. The molecule has 0 heterocycles. The van der Waals surface area contributed by atoms with Gasteiger partial charge in [0.05, 0.1) is 22.6 Å². The molecule has 8 nitrogen and oxygen atoms in total. The molecule has 0 spiro atoms. The monoisotopic (exact) mass is 381 g/mol. The number of rotatable bonds is 8. The molecule has 2 rings (SSSR count). The van der Waals surface area contributed by atoms with Gasteiger partial charge in [-0.25, -0.2) is 9.22 Å². The Morgan fingerprint density at radius 3 is 2.58 bits per heavy atom. The number of hydrogen-bond donors (Lipinski definition) is 1. The van der Waals surface area contributed by atoms with Crippen LogP contribution in [-0.4, -0.2) is 26.2 Å². The maximum absolute atomic E-state index is 12.9. The molecule has 0 unspecified atom stereocenters. The number of hydrazone groups is 1. The van der Waals surface area contributed by atoms with Gasteiger partial charge < -0.3 is 4.74 Å². The van der Waals surface area contributed by atoms with Crippen molar-refractivity contribution in [3.63, 3.8) is 0 Å². The second-order valence-corrected chi connectivity index (χ2v) is 6.80. The van der Waals surface area contributed by atoms with Crippen LogP contribution in [0.25, 0.3) is 0 Å². The van der Waals surface area contributed by atoms with Crippen LogP contribution in [0.1, 0.15) is 18.9 Å². The number of nitrogens with one attached hydrogen (secondary N) is 1. The minimum absolute atomic E-state index is 0.126. The van der Waals surface area contributed by atoms with Crippen molar-refractivity contribution in [2.45, 2.75) is 18.2 Å². The molecule has 0 aliphatic heterocycles. The first-order valence-electron chi connectivity index (χ1n) is 7.55. The van der Waals surface area contributed by atoms with Crippen LogP contribution < -0.4 is 9.57 Å². The fourth-order valence-corrected chi connectivity index (χ4v) is 2.72. The first kappa shape index (κ1) is 19.3. The summed E-state index contributed by atoms with van der Waals surface area (Å²) in [6, 6.07) is 8.36. The summed E-state index contributed by atoms with van der Waals surface area (Å²) < 4.78 is 42.2. The molecule has 0 radical (unpaired) electrons. The molecule has 0 aliphatic rings. The summed E-state index contributed by atoms with van der Waals surface area (Å²) >= 11 is 0. The normalized spacial score (nSPS) is 11.5. The van der Waals surface area contributed by atoms with E-state index in [1.165, 1.54) is 18.2 Å². The summed E-state index contributed by atoms with van der Waals surface area (Å²) in [5, 5.41) is 14.7. The van der Waals surface area contributed by atoms with E-state index in [9.17, 15) is 22.9 Å². The molecular formula is C16H16FN3O5S. The van der Waals surface area contributed by atoms with Gasteiger partial charge in [-0.2, -0.15) is 13.5 Å². The maximum atomic E-state index is 12.9. The lowest BCUT2D eigenvalue weighted by Crippen LogP contribution is -2.18. The van der Waals surface area contributed by atoms with Gasteiger partial charge >= 0.3 is 5.69 Å². The predicted octanol–water partition coefficient (Wildman–Crippen LogP) is 2.84. The minimum Gasteiger partial charge on any atom is -0.487 e. The van der Waals surface area contributed by atoms with Gasteiger partial charge in [-0.15, -0.1) is 0 Å². The summed E-state index contributed by atoms with van der Waals surface area (Å²) in [5.74, 6) is -0.439. The number of benzene rings is 2. The highest BCUT2D eigenvalue weighted by Crippen LogP contribution is 2.27. The number of halogens is 1. The smallest absolute Gasteiger partial charge is 0.311 e. The number of nitro groups is 1. The van der Waals surface area contributed by atoms with E-state index in [1.54, 1.807) is 0 Å². The van der Waals surface area contributed by atoms with Crippen LogP contribution in [0.5, 0.6) is 5.75 Å². The first-order valence-corrected chi connectivity index (χ1v) is 9.03. The van der Waals surface area contributed by atoms with Crippen LogP contribution >= 0.6 is 0 Å². The molecule has 2 aromatic rings. The zero-order chi connectivity index (χ0) is 19.2. The summed E-state index contributed by atoms with van der Waals surface area (Å²) in [6.07, 6.45) is 1.82. The Morgan fingerprint density at radius 1 is 1.27 bits per heavy atom. The average Bonchev–Trinajstić information content (AvgIpc) is 2.60. The molecule has 0 fully saturated rings. The van der Waals surface area contributed by atoms with E-state index >= 15 is 0 Å². The van der Waals surface area contributed by atoms with Crippen molar-refractivity contribution < 1.29 is 22.5 Å². The summed E-state index contributed by atoms with van der Waals surface area (Å²) in [6.45, 7) is 2.21. The Kier molecular flexibility index (Phi) is 6.23. The van der Waals surface area contributed by atoms with Gasteiger partial charge in [0, 0.05) is 11.6 Å². The average molecular weight is 381 g/mol. The van der Waals surface area contributed by atoms with E-state index < -0.39 is 20.8 Å². The fourth-order valence-electron chi connectivity index (χ4n) is 1.93. The van der Waals surface area contributed by atoms with Gasteiger partial charge in [-0.05, 0) is 42.8 Å². The van der Waals surface area contributed by atoms with Crippen molar-refractivity contribution >= 4 is 21.9 Å². The topological polar surface area (TPSA) is 111 Å². The third kappa shape index (κ3) is 4.99. The molecule has 0 saturated carbocycles. The van der Waals surface area contributed by atoms with Gasteiger partial charge in [0.2, 0.25) is 0 Å². The second kappa shape index (κ2) is 8.39. The standard InChI is InChI=1S/C16H16FN3O5S/c1-2-9-25-16-8-3-12(10-15(16)20(21)22)11-18-19-26(23,24)14-6-4-13(17)5-7-14/h3-8,10-11,19H,2,9H2,1H3/b18-11+. The molecule has 2 aromatic carbocycles. The van der Waals surface area contributed by atoms with Gasteiger partial charge in [0.1, 0.15) is 5.82 Å². The molecule has 26 heavy (non-hydrogen) atoms. The first-order chi connectivity index (χ1) is 12.3. The highest BCUT2D eigenvalue weighted by Gasteiger charge is 2.16. The minimum atomic E-state index is -3.97.